The molecule has 3 aromatic carbocycles. The minimum absolute atomic E-state index is 0.229. The van der Waals surface area contributed by atoms with Crippen molar-refractivity contribution in [3.8, 4) is 0 Å². The van der Waals surface area contributed by atoms with Crippen LogP contribution in [0.25, 0.3) is 0 Å². The fourth-order valence-corrected chi connectivity index (χ4v) is 3.67. The van der Waals surface area contributed by atoms with Crippen LogP contribution in [0.1, 0.15) is 17.3 Å². The van der Waals surface area contributed by atoms with Gasteiger partial charge >= 0.3 is 0 Å². The summed E-state index contributed by atoms with van der Waals surface area (Å²) in [6.45, 7) is 4.85. The summed E-state index contributed by atoms with van der Waals surface area (Å²) in [5.74, 6) is -0.968. The SMILES string of the molecule is C[C@H](Nc1ccccc1C(=O)Nc1ccc(F)cc1)C(=O)Nc1ccc(N2CCOCC2)cc1. The van der Waals surface area contributed by atoms with Gasteiger partial charge in [0.05, 0.1) is 18.8 Å². The largest absolute Gasteiger partial charge is 0.378 e. The number of carbonyl (C=O) groups is 2. The Hall–Kier alpha value is -3.91. The lowest BCUT2D eigenvalue weighted by molar-refractivity contribution is -0.116. The van der Waals surface area contributed by atoms with Gasteiger partial charge in [-0.25, -0.2) is 4.39 Å². The van der Waals surface area contributed by atoms with Gasteiger partial charge in [0, 0.05) is 35.8 Å². The Morgan fingerprint density at radius 3 is 2.21 bits per heavy atom. The molecule has 3 N–H and O–H groups in total. The molecule has 0 spiro atoms. The third-order valence-corrected chi connectivity index (χ3v) is 5.55. The van der Waals surface area contributed by atoms with Crippen molar-refractivity contribution in [3.63, 3.8) is 0 Å². The maximum atomic E-state index is 13.1. The van der Waals surface area contributed by atoms with Gasteiger partial charge in [0.25, 0.3) is 5.91 Å². The van der Waals surface area contributed by atoms with E-state index >= 15 is 0 Å². The molecule has 0 aliphatic carbocycles. The van der Waals surface area contributed by atoms with E-state index in [9.17, 15) is 14.0 Å². The molecule has 0 radical (unpaired) electrons. The number of nitrogens with zero attached hydrogens (tertiary/aromatic N) is 1. The molecule has 2 amide bonds. The van der Waals surface area contributed by atoms with E-state index in [2.05, 4.69) is 20.9 Å². The normalized spacial score (nSPS) is 14.2. The summed E-state index contributed by atoms with van der Waals surface area (Å²) >= 11 is 0. The van der Waals surface area contributed by atoms with Crippen LogP contribution in [0, 0.1) is 5.82 Å². The Morgan fingerprint density at radius 1 is 0.882 bits per heavy atom. The number of amides is 2. The van der Waals surface area contributed by atoms with Crippen molar-refractivity contribution in [2.24, 2.45) is 0 Å². The Labute approximate surface area is 197 Å². The molecule has 3 aromatic rings. The Balaban J connectivity index is 1.37. The first-order valence-electron chi connectivity index (χ1n) is 11.2. The summed E-state index contributed by atoms with van der Waals surface area (Å²) in [5, 5.41) is 8.76. The summed E-state index contributed by atoms with van der Waals surface area (Å²) in [6.07, 6.45) is 0. The molecule has 0 aromatic heterocycles. The standard InChI is InChI=1S/C26H27FN4O3/c1-18(25(32)29-21-10-12-22(13-11-21)31-14-16-34-17-15-31)28-24-5-3-2-4-23(24)26(33)30-20-8-6-19(27)7-9-20/h2-13,18,28H,14-17H2,1H3,(H,29,32)(H,30,33)/t18-/m0/s1. The molecule has 1 aliphatic rings. The minimum atomic E-state index is -0.598. The van der Waals surface area contributed by atoms with E-state index < -0.39 is 6.04 Å². The second kappa shape index (κ2) is 10.8. The predicted molar refractivity (Wildman–Crippen MR) is 132 cm³/mol. The fourth-order valence-electron chi connectivity index (χ4n) is 3.67. The molecule has 1 saturated heterocycles. The molecule has 0 unspecified atom stereocenters. The summed E-state index contributed by atoms with van der Waals surface area (Å²) < 4.78 is 18.5. The van der Waals surface area contributed by atoms with Gasteiger partial charge in [-0.3, -0.25) is 9.59 Å². The number of nitrogens with one attached hydrogen (secondary N) is 3. The van der Waals surface area contributed by atoms with Crippen molar-refractivity contribution in [2.75, 3.05) is 47.2 Å². The zero-order chi connectivity index (χ0) is 23.9. The molecular weight excluding hydrogens is 435 g/mol. The summed E-state index contributed by atoms with van der Waals surface area (Å²) in [4.78, 5) is 27.8. The lowest BCUT2D eigenvalue weighted by Gasteiger charge is -2.29. The number of benzene rings is 3. The van der Waals surface area contributed by atoms with Crippen LogP contribution < -0.4 is 20.9 Å². The summed E-state index contributed by atoms with van der Waals surface area (Å²) in [6, 6.07) is 19.6. The molecule has 0 bridgehead atoms. The van der Waals surface area contributed by atoms with Gasteiger partial charge in [0.1, 0.15) is 11.9 Å². The number of para-hydroxylation sites is 1. The van der Waals surface area contributed by atoms with Crippen molar-refractivity contribution in [2.45, 2.75) is 13.0 Å². The monoisotopic (exact) mass is 462 g/mol. The number of halogens is 1. The van der Waals surface area contributed by atoms with Gasteiger partial charge in [-0.1, -0.05) is 12.1 Å². The van der Waals surface area contributed by atoms with Gasteiger partial charge in [-0.2, -0.15) is 0 Å². The Bertz CT molecular complexity index is 1130. The number of ether oxygens (including phenoxy) is 1. The van der Waals surface area contributed by atoms with E-state index in [0.29, 0.717) is 35.8 Å². The van der Waals surface area contributed by atoms with Crippen molar-refractivity contribution in [1.82, 2.24) is 0 Å². The first-order chi connectivity index (χ1) is 16.5. The van der Waals surface area contributed by atoms with E-state index in [1.165, 1.54) is 24.3 Å². The fraction of sp³-hybridized carbons (Fsp3) is 0.231. The first-order valence-corrected chi connectivity index (χ1v) is 11.2. The van der Waals surface area contributed by atoms with Crippen LogP contribution in [0.5, 0.6) is 0 Å². The third-order valence-electron chi connectivity index (χ3n) is 5.55. The molecule has 7 nitrogen and oxygen atoms in total. The molecule has 1 fully saturated rings. The van der Waals surface area contributed by atoms with Crippen molar-refractivity contribution in [3.05, 3.63) is 84.2 Å². The van der Waals surface area contributed by atoms with E-state index in [1.54, 1.807) is 31.2 Å². The number of carbonyl (C=O) groups excluding carboxylic acids is 2. The number of morpholine rings is 1. The molecule has 1 atom stereocenters. The highest BCUT2D eigenvalue weighted by Gasteiger charge is 2.18. The van der Waals surface area contributed by atoms with Crippen LogP contribution in [-0.2, 0) is 9.53 Å². The Kier molecular flexibility index (Phi) is 7.39. The molecule has 8 heteroatoms. The van der Waals surface area contributed by atoms with Gasteiger partial charge in [-0.05, 0) is 67.6 Å². The number of hydrogen-bond acceptors (Lipinski definition) is 5. The first kappa shape index (κ1) is 23.3. The molecule has 0 saturated carbocycles. The Morgan fingerprint density at radius 2 is 1.50 bits per heavy atom. The molecular formula is C26H27FN4O3. The van der Waals surface area contributed by atoms with Gasteiger partial charge in [-0.15, -0.1) is 0 Å². The van der Waals surface area contributed by atoms with Gasteiger partial charge in [0.2, 0.25) is 5.91 Å². The minimum Gasteiger partial charge on any atom is -0.378 e. The van der Waals surface area contributed by atoms with E-state index in [-0.39, 0.29) is 17.6 Å². The van der Waals surface area contributed by atoms with Crippen LogP contribution in [0.3, 0.4) is 0 Å². The van der Waals surface area contributed by atoms with Crippen LogP contribution in [0.4, 0.5) is 27.1 Å². The quantitative estimate of drug-likeness (QED) is 0.486. The second-order valence-corrected chi connectivity index (χ2v) is 8.01. The lowest BCUT2D eigenvalue weighted by Crippen LogP contribution is -2.36. The van der Waals surface area contributed by atoms with Crippen molar-refractivity contribution < 1.29 is 18.7 Å². The lowest BCUT2D eigenvalue weighted by atomic mass is 10.1. The molecule has 1 aliphatic heterocycles. The topological polar surface area (TPSA) is 82.7 Å². The van der Waals surface area contributed by atoms with Crippen LogP contribution in [0.15, 0.2) is 72.8 Å². The van der Waals surface area contributed by atoms with Crippen LogP contribution in [0.2, 0.25) is 0 Å². The summed E-state index contributed by atoms with van der Waals surface area (Å²) in [7, 11) is 0. The van der Waals surface area contributed by atoms with Crippen molar-refractivity contribution in [1.29, 1.82) is 0 Å². The smallest absolute Gasteiger partial charge is 0.257 e. The molecule has 1 heterocycles. The molecule has 176 valence electrons. The average Bonchev–Trinajstić information content (AvgIpc) is 2.86. The van der Waals surface area contributed by atoms with Crippen LogP contribution >= 0.6 is 0 Å². The highest BCUT2D eigenvalue weighted by atomic mass is 19.1. The zero-order valence-corrected chi connectivity index (χ0v) is 18.9. The van der Waals surface area contributed by atoms with Crippen molar-refractivity contribution >= 4 is 34.6 Å². The third kappa shape index (κ3) is 5.90. The number of hydrogen-bond donors (Lipinski definition) is 3. The second-order valence-electron chi connectivity index (χ2n) is 8.01. The highest BCUT2D eigenvalue weighted by molar-refractivity contribution is 6.08. The molecule has 4 rings (SSSR count). The maximum absolute atomic E-state index is 13.1. The molecule has 34 heavy (non-hydrogen) atoms. The van der Waals surface area contributed by atoms with E-state index in [1.807, 2.05) is 24.3 Å². The van der Waals surface area contributed by atoms with E-state index in [0.717, 1.165) is 18.8 Å². The predicted octanol–water partition coefficient (Wildman–Crippen LogP) is 4.35. The van der Waals surface area contributed by atoms with E-state index in [4.69, 9.17) is 4.74 Å². The number of anilines is 4. The van der Waals surface area contributed by atoms with Gasteiger partial charge < -0.3 is 25.6 Å². The average molecular weight is 463 g/mol. The number of rotatable bonds is 7. The zero-order valence-electron chi connectivity index (χ0n) is 18.9. The maximum Gasteiger partial charge on any atom is 0.257 e. The van der Waals surface area contributed by atoms with Crippen LogP contribution in [-0.4, -0.2) is 44.2 Å². The highest BCUT2D eigenvalue weighted by Crippen LogP contribution is 2.21. The summed E-state index contributed by atoms with van der Waals surface area (Å²) in [5.41, 5.74) is 3.16. The van der Waals surface area contributed by atoms with Gasteiger partial charge in [0.15, 0.2) is 0 Å².